The molecule has 0 saturated heterocycles. The predicted molar refractivity (Wildman–Crippen MR) is 83.2 cm³/mol. The number of para-hydroxylation sites is 1. The second-order valence-electron chi connectivity index (χ2n) is 5.91. The molecule has 21 heavy (non-hydrogen) atoms. The lowest BCUT2D eigenvalue weighted by Crippen LogP contribution is -2.41. The van der Waals surface area contributed by atoms with Crippen molar-refractivity contribution >= 4 is 16.8 Å². The van der Waals surface area contributed by atoms with Gasteiger partial charge in [0.05, 0.1) is 11.1 Å². The number of nitrogens with one attached hydrogen (secondary N) is 2. The summed E-state index contributed by atoms with van der Waals surface area (Å²) in [6.45, 7) is 0.150. The summed E-state index contributed by atoms with van der Waals surface area (Å²) in [6, 6.07) is 7.79. The van der Waals surface area contributed by atoms with Crippen molar-refractivity contribution in [3.05, 3.63) is 36.0 Å². The molecule has 2 atom stereocenters. The second-order valence-corrected chi connectivity index (χ2v) is 5.91. The monoisotopic (exact) mass is 286 g/mol. The number of fused-ring (bicyclic) bond motifs is 1. The fraction of sp³-hybridized carbons (Fsp3) is 0.471. The second kappa shape index (κ2) is 6.31. The van der Waals surface area contributed by atoms with Crippen LogP contribution >= 0.6 is 0 Å². The quantitative estimate of drug-likeness (QED) is 0.760. The molecule has 1 heterocycles. The lowest BCUT2D eigenvalue weighted by molar-refractivity contribution is 0.0901. The molecule has 3 N–H and O–H groups in total. The van der Waals surface area contributed by atoms with Crippen molar-refractivity contribution in [3.63, 3.8) is 0 Å². The van der Waals surface area contributed by atoms with Gasteiger partial charge in [-0.15, -0.1) is 0 Å². The van der Waals surface area contributed by atoms with Crippen molar-refractivity contribution in [3.8, 4) is 0 Å². The van der Waals surface area contributed by atoms with E-state index in [-0.39, 0.29) is 24.5 Å². The Balaban J connectivity index is 1.80. The summed E-state index contributed by atoms with van der Waals surface area (Å²) < 4.78 is 0. The maximum atomic E-state index is 12.6. The van der Waals surface area contributed by atoms with Crippen LogP contribution in [-0.4, -0.2) is 28.6 Å². The van der Waals surface area contributed by atoms with Crippen LogP contribution < -0.4 is 5.32 Å². The molecule has 1 aliphatic carbocycles. The Morgan fingerprint density at radius 3 is 2.95 bits per heavy atom. The number of hydrogen-bond acceptors (Lipinski definition) is 2. The SMILES string of the molecule is O=C(N[C@H]1CCCCC[C@@H]1CO)c1cccc2cc[nH]c12. The minimum atomic E-state index is -0.0478. The van der Waals surface area contributed by atoms with E-state index in [1.54, 1.807) is 0 Å². The third-order valence-electron chi connectivity index (χ3n) is 4.54. The van der Waals surface area contributed by atoms with Gasteiger partial charge in [0.1, 0.15) is 0 Å². The molecular weight excluding hydrogens is 264 g/mol. The first kappa shape index (κ1) is 14.1. The van der Waals surface area contributed by atoms with Gasteiger partial charge < -0.3 is 15.4 Å². The van der Waals surface area contributed by atoms with Gasteiger partial charge in [-0.25, -0.2) is 0 Å². The zero-order valence-corrected chi connectivity index (χ0v) is 12.1. The number of carbonyl (C=O) groups excluding carboxylic acids is 1. The first-order valence-corrected chi connectivity index (χ1v) is 7.77. The highest BCUT2D eigenvalue weighted by Crippen LogP contribution is 2.24. The Morgan fingerprint density at radius 2 is 2.10 bits per heavy atom. The summed E-state index contributed by atoms with van der Waals surface area (Å²) in [4.78, 5) is 15.7. The smallest absolute Gasteiger partial charge is 0.253 e. The van der Waals surface area contributed by atoms with Gasteiger partial charge in [-0.2, -0.15) is 0 Å². The van der Waals surface area contributed by atoms with Gasteiger partial charge >= 0.3 is 0 Å². The van der Waals surface area contributed by atoms with E-state index in [2.05, 4.69) is 10.3 Å². The lowest BCUT2D eigenvalue weighted by atomic mass is 9.95. The topological polar surface area (TPSA) is 65.1 Å². The molecular formula is C17H22N2O2. The van der Waals surface area contributed by atoms with E-state index in [1.165, 1.54) is 6.42 Å². The third-order valence-corrected chi connectivity index (χ3v) is 4.54. The van der Waals surface area contributed by atoms with Crippen LogP contribution in [0.4, 0.5) is 0 Å². The van der Waals surface area contributed by atoms with Crippen molar-refractivity contribution in [1.29, 1.82) is 0 Å². The van der Waals surface area contributed by atoms with Gasteiger partial charge in [0.15, 0.2) is 0 Å². The molecule has 1 aliphatic rings. The minimum Gasteiger partial charge on any atom is -0.396 e. The highest BCUT2D eigenvalue weighted by Gasteiger charge is 2.25. The van der Waals surface area contributed by atoms with Gasteiger partial charge in [-0.3, -0.25) is 4.79 Å². The largest absolute Gasteiger partial charge is 0.396 e. The van der Waals surface area contributed by atoms with Gasteiger partial charge in [0.25, 0.3) is 5.91 Å². The Kier molecular flexibility index (Phi) is 4.25. The molecule has 1 fully saturated rings. The van der Waals surface area contributed by atoms with Crippen LogP contribution in [0.2, 0.25) is 0 Å². The molecule has 1 aromatic carbocycles. The first-order chi connectivity index (χ1) is 10.3. The normalized spacial score (nSPS) is 22.9. The summed E-state index contributed by atoms with van der Waals surface area (Å²) in [7, 11) is 0. The minimum absolute atomic E-state index is 0.0478. The molecule has 2 aromatic rings. The third kappa shape index (κ3) is 2.95. The van der Waals surface area contributed by atoms with Crippen molar-refractivity contribution in [2.45, 2.75) is 38.1 Å². The Labute approximate surface area is 124 Å². The Morgan fingerprint density at radius 1 is 1.24 bits per heavy atom. The fourth-order valence-electron chi connectivity index (χ4n) is 3.31. The Hall–Kier alpha value is -1.81. The Bertz CT molecular complexity index is 620. The number of benzene rings is 1. The van der Waals surface area contributed by atoms with Crippen molar-refractivity contribution < 1.29 is 9.90 Å². The molecule has 0 bridgehead atoms. The number of aliphatic hydroxyl groups excluding tert-OH is 1. The van der Waals surface area contributed by atoms with E-state index in [9.17, 15) is 9.90 Å². The number of amides is 1. The fourth-order valence-corrected chi connectivity index (χ4v) is 3.31. The van der Waals surface area contributed by atoms with Crippen LogP contribution in [0.5, 0.6) is 0 Å². The van der Waals surface area contributed by atoms with E-state index >= 15 is 0 Å². The van der Waals surface area contributed by atoms with Crippen LogP contribution in [-0.2, 0) is 0 Å². The number of aromatic nitrogens is 1. The zero-order chi connectivity index (χ0) is 14.7. The van der Waals surface area contributed by atoms with Gasteiger partial charge in [-0.05, 0) is 25.0 Å². The van der Waals surface area contributed by atoms with Crippen LogP contribution in [0, 0.1) is 5.92 Å². The summed E-state index contributed by atoms with van der Waals surface area (Å²) in [5, 5.41) is 13.7. The van der Waals surface area contributed by atoms with E-state index in [0.717, 1.165) is 36.6 Å². The van der Waals surface area contributed by atoms with Crippen molar-refractivity contribution in [2.75, 3.05) is 6.61 Å². The molecule has 0 spiro atoms. The van der Waals surface area contributed by atoms with E-state index < -0.39 is 0 Å². The van der Waals surface area contributed by atoms with Crippen molar-refractivity contribution in [2.24, 2.45) is 5.92 Å². The molecule has 0 radical (unpaired) electrons. The van der Waals surface area contributed by atoms with E-state index in [1.807, 2.05) is 30.5 Å². The van der Waals surface area contributed by atoms with Gasteiger partial charge in [0, 0.05) is 30.1 Å². The highest BCUT2D eigenvalue weighted by molar-refractivity contribution is 6.05. The number of aromatic amines is 1. The van der Waals surface area contributed by atoms with Crippen LogP contribution in [0.1, 0.15) is 42.5 Å². The van der Waals surface area contributed by atoms with Gasteiger partial charge in [0.2, 0.25) is 0 Å². The maximum Gasteiger partial charge on any atom is 0.253 e. The molecule has 1 amide bonds. The number of rotatable bonds is 3. The summed E-state index contributed by atoms with van der Waals surface area (Å²) in [5.74, 6) is 0.132. The van der Waals surface area contributed by atoms with Crippen LogP contribution in [0.25, 0.3) is 10.9 Å². The number of aliphatic hydroxyl groups is 1. The molecule has 4 nitrogen and oxygen atoms in total. The number of H-pyrrole nitrogens is 1. The molecule has 0 aliphatic heterocycles. The summed E-state index contributed by atoms with van der Waals surface area (Å²) >= 11 is 0. The average Bonchev–Trinajstić information content (AvgIpc) is 2.87. The highest BCUT2D eigenvalue weighted by atomic mass is 16.3. The molecule has 1 saturated carbocycles. The predicted octanol–water partition coefficient (Wildman–Crippen LogP) is 2.84. The lowest BCUT2D eigenvalue weighted by Gasteiger charge is -2.24. The molecule has 0 unspecified atom stereocenters. The molecule has 112 valence electrons. The number of hydrogen-bond donors (Lipinski definition) is 3. The van der Waals surface area contributed by atoms with Crippen LogP contribution in [0.15, 0.2) is 30.5 Å². The zero-order valence-electron chi connectivity index (χ0n) is 12.1. The summed E-state index contributed by atoms with van der Waals surface area (Å²) in [6.07, 6.45) is 7.25. The molecule has 1 aromatic heterocycles. The van der Waals surface area contributed by atoms with Gasteiger partial charge in [-0.1, -0.05) is 31.4 Å². The molecule has 3 rings (SSSR count). The average molecular weight is 286 g/mol. The van der Waals surface area contributed by atoms with E-state index in [0.29, 0.717) is 5.56 Å². The van der Waals surface area contributed by atoms with Crippen molar-refractivity contribution in [1.82, 2.24) is 10.3 Å². The number of carbonyl (C=O) groups is 1. The maximum absolute atomic E-state index is 12.6. The van der Waals surface area contributed by atoms with E-state index in [4.69, 9.17) is 0 Å². The first-order valence-electron chi connectivity index (χ1n) is 7.77. The van der Waals surface area contributed by atoms with Crippen LogP contribution in [0.3, 0.4) is 0 Å². The summed E-state index contributed by atoms with van der Waals surface area (Å²) in [5.41, 5.74) is 1.56. The standard InChI is InChI=1S/C17H22N2O2/c20-11-13-5-2-1-3-8-15(13)19-17(21)14-7-4-6-12-9-10-18-16(12)14/h4,6-7,9-10,13,15,18,20H,1-3,5,8,11H2,(H,19,21)/t13-,15+/m1/s1. The molecule has 4 heteroatoms.